The summed E-state index contributed by atoms with van der Waals surface area (Å²) < 4.78 is 24.7. The Balaban J connectivity index is 1.79. The molecule has 5 nitrogen and oxygen atoms in total. The predicted octanol–water partition coefficient (Wildman–Crippen LogP) is 3.84. The third-order valence-corrected chi connectivity index (χ3v) is 6.66. The summed E-state index contributed by atoms with van der Waals surface area (Å²) in [6, 6.07) is 13.2. The molecule has 1 aliphatic carbocycles. The average Bonchev–Trinajstić information content (AvgIpc) is 2.70. The number of anilines is 1. The van der Waals surface area contributed by atoms with Crippen LogP contribution in [0.3, 0.4) is 0 Å². The Morgan fingerprint density at radius 3 is 2.50 bits per heavy atom. The summed E-state index contributed by atoms with van der Waals surface area (Å²) in [7, 11) is -1.90. The van der Waals surface area contributed by atoms with Crippen LogP contribution in [0.15, 0.2) is 42.5 Å². The molecule has 0 aliphatic heterocycles. The number of benzene rings is 2. The summed E-state index contributed by atoms with van der Waals surface area (Å²) in [5.41, 5.74) is 4.86. The number of rotatable bonds is 6. The summed E-state index contributed by atoms with van der Waals surface area (Å²) in [4.78, 5) is 12.8. The molecule has 0 aromatic heterocycles. The van der Waals surface area contributed by atoms with E-state index >= 15 is 0 Å². The molecule has 1 N–H and O–H groups in total. The van der Waals surface area contributed by atoms with Gasteiger partial charge in [-0.1, -0.05) is 31.2 Å². The van der Waals surface area contributed by atoms with Crippen molar-refractivity contribution in [2.45, 2.75) is 45.1 Å². The number of hydrogen-bond acceptors (Lipinski definition) is 3. The first-order valence-corrected chi connectivity index (χ1v) is 11.6. The predicted molar refractivity (Wildman–Crippen MR) is 113 cm³/mol. The summed E-state index contributed by atoms with van der Waals surface area (Å²) in [6.45, 7) is 2.05. The van der Waals surface area contributed by atoms with Crippen LogP contribution in [-0.4, -0.2) is 27.6 Å². The summed E-state index contributed by atoms with van der Waals surface area (Å²) >= 11 is 0. The Bertz CT molecular complexity index is 969. The number of carbonyl (C=O) groups excluding carboxylic acids is 1. The van der Waals surface area contributed by atoms with Crippen molar-refractivity contribution >= 4 is 21.6 Å². The van der Waals surface area contributed by atoms with Crippen LogP contribution in [0.5, 0.6) is 0 Å². The molecule has 150 valence electrons. The molecule has 2 aromatic rings. The molecule has 1 amide bonds. The van der Waals surface area contributed by atoms with Gasteiger partial charge in [0.2, 0.25) is 10.0 Å². The zero-order valence-corrected chi connectivity index (χ0v) is 17.6. The summed E-state index contributed by atoms with van der Waals surface area (Å²) in [6.07, 6.45) is 6.64. The highest BCUT2D eigenvalue weighted by atomic mass is 32.2. The largest absolute Gasteiger partial charge is 0.345 e. The van der Waals surface area contributed by atoms with E-state index in [0.717, 1.165) is 31.1 Å². The van der Waals surface area contributed by atoms with Crippen LogP contribution in [0.1, 0.15) is 59.3 Å². The van der Waals surface area contributed by atoms with E-state index in [1.165, 1.54) is 35.3 Å². The smallest absolute Gasteiger partial charge is 0.251 e. The topological polar surface area (TPSA) is 66.5 Å². The first-order valence-electron chi connectivity index (χ1n) is 9.76. The second kappa shape index (κ2) is 8.35. The van der Waals surface area contributed by atoms with Crippen molar-refractivity contribution in [1.82, 2.24) is 5.32 Å². The number of fused-ring (bicyclic) bond motifs is 1. The van der Waals surface area contributed by atoms with Gasteiger partial charge < -0.3 is 5.32 Å². The standard InChI is InChI=1S/C22H28N2O3S/c1-4-21(18-13-12-16-8-5-6-9-17(16)14-18)23-22(25)19-10-7-11-20(15-19)24(2)28(3,26)27/h7,10-15,21H,4-6,8-9H2,1-3H3,(H,23,25). The number of nitrogens with one attached hydrogen (secondary N) is 1. The lowest BCUT2D eigenvalue weighted by Crippen LogP contribution is -2.29. The second-order valence-electron chi connectivity index (χ2n) is 7.45. The van der Waals surface area contributed by atoms with Crippen LogP contribution < -0.4 is 9.62 Å². The lowest BCUT2D eigenvalue weighted by Gasteiger charge is -2.22. The van der Waals surface area contributed by atoms with E-state index in [-0.39, 0.29) is 11.9 Å². The Morgan fingerprint density at radius 1 is 1.11 bits per heavy atom. The van der Waals surface area contributed by atoms with Crippen molar-refractivity contribution in [2.75, 3.05) is 17.6 Å². The fraction of sp³-hybridized carbons (Fsp3) is 0.409. The van der Waals surface area contributed by atoms with Gasteiger partial charge in [0.25, 0.3) is 5.91 Å². The fourth-order valence-electron chi connectivity index (χ4n) is 3.67. The van der Waals surface area contributed by atoms with Crippen LogP contribution in [0.25, 0.3) is 0 Å². The zero-order chi connectivity index (χ0) is 20.3. The Morgan fingerprint density at radius 2 is 1.82 bits per heavy atom. The number of sulfonamides is 1. The van der Waals surface area contributed by atoms with Gasteiger partial charge in [-0.15, -0.1) is 0 Å². The van der Waals surface area contributed by atoms with Crippen molar-refractivity contribution in [3.63, 3.8) is 0 Å². The summed E-state index contributed by atoms with van der Waals surface area (Å²) in [5.74, 6) is -0.201. The van der Waals surface area contributed by atoms with E-state index in [9.17, 15) is 13.2 Å². The fourth-order valence-corrected chi connectivity index (χ4v) is 4.16. The number of aryl methyl sites for hydroxylation is 2. The monoisotopic (exact) mass is 400 g/mol. The molecule has 0 saturated heterocycles. The highest BCUT2D eigenvalue weighted by Crippen LogP contribution is 2.26. The molecule has 0 radical (unpaired) electrons. The van der Waals surface area contributed by atoms with Crippen molar-refractivity contribution in [3.05, 3.63) is 64.7 Å². The molecule has 0 fully saturated rings. The minimum absolute atomic E-state index is 0.0731. The number of nitrogens with zero attached hydrogens (tertiary/aromatic N) is 1. The first kappa shape index (κ1) is 20.4. The van der Waals surface area contributed by atoms with Gasteiger partial charge in [0.05, 0.1) is 18.0 Å². The van der Waals surface area contributed by atoms with Gasteiger partial charge in [-0.05, 0) is 67.0 Å². The van der Waals surface area contributed by atoms with E-state index in [2.05, 4.69) is 30.4 Å². The van der Waals surface area contributed by atoms with Gasteiger partial charge in [-0.25, -0.2) is 8.42 Å². The Kier molecular flexibility index (Phi) is 6.08. The molecule has 6 heteroatoms. The molecule has 0 heterocycles. The van der Waals surface area contributed by atoms with E-state index in [0.29, 0.717) is 11.3 Å². The first-order chi connectivity index (χ1) is 13.3. The maximum Gasteiger partial charge on any atom is 0.251 e. The molecule has 1 atom stereocenters. The molecule has 2 aromatic carbocycles. The van der Waals surface area contributed by atoms with Gasteiger partial charge >= 0.3 is 0 Å². The molecule has 0 bridgehead atoms. The maximum atomic E-state index is 12.8. The molecule has 3 rings (SSSR count). The third kappa shape index (κ3) is 4.55. The Labute approximate surface area is 167 Å². The van der Waals surface area contributed by atoms with Crippen LogP contribution in [-0.2, 0) is 22.9 Å². The second-order valence-corrected chi connectivity index (χ2v) is 9.46. The van der Waals surface area contributed by atoms with E-state index < -0.39 is 10.0 Å². The molecule has 1 unspecified atom stereocenters. The SMILES string of the molecule is CCC(NC(=O)c1cccc(N(C)S(C)(=O)=O)c1)c1ccc2c(c1)CCCC2. The molecular formula is C22H28N2O3S. The molecular weight excluding hydrogens is 372 g/mol. The van der Waals surface area contributed by atoms with Crippen LogP contribution >= 0.6 is 0 Å². The zero-order valence-electron chi connectivity index (χ0n) is 16.7. The normalized spacial score (nSPS) is 14.8. The number of hydrogen-bond donors (Lipinski definition) is 1. The van der Waals surface area contributed by atoms with Gasteiger partial charge in [-0.2, -0.15) is 0 Å². The van der Waals surface area contributed by atoms with E-state index in [1.54, 1.807) is 24.3 Å². The van der Waals surface area contributed by atoms with Crippen LogP contribution in [0.4, 0.5) is 5.69 Å². The van der Waals surface area contributed by atoms with E-state index in [1.807, 2.05) is 0 Å². The van der Waals surface area contributed by atoms with Gasteiger partial charge in [0.15, 0.2) is 0 Å². The summed E-state index contributed by atoms with van der Waals surface area (Å²) in [5, 5.41) is 3.10. The lowest BCUT2D eigenvalue weighted by atomic mass is 9.88. The van der Waals surface area contributed by atoms with Crippen molar-refractivity contribution < 1.29 is 13.2 Å². The molecule has 0 saturated carbocycles. The third-order valence-electron chi connectivity index (χ3n) is 5.46. The minimum atomic E-state index is -3.38. The van der Waals surface area contributed by atoms with Crippen LogP contribution in [0.2, 0.25) is 0 Å². The van der Waals surface area contributed by atoms with Crippen molar-refractivity contribution in [2.24, 2.45) is 0 Å². The lowest BCUT2D eigenvalue weighted by molar-refractivity contribution is 0.0935. The molecule has 28 heavy (non-hydrogen) atoms. The van der Waals surface area contributed by atoms with E-state index in [4.69, 9.17) is 0 Å². The Hall–Kier alpha value is -2.34. The number of amides is 1. The quantitative estimate of drug-likeness (QED) is 0.801. The molecule has 1 aliphatic rings. The van der Waals surface area contributed by atoms with Gasteiger partial charge in [0.1, 0.15) is 0 Å². The minimum Gasteiger partial charge on any atom is -0.345 e. The average molecular weight is 401 g/mol. The van der Waals surface area contributed by atoms with Crippen molar-refractivity contribution in [3.8, 4) is 0 Å². The highest BCUT2D eigenvalue weighted by molar-refractivity contribution is 7.92. The van der Waals surface area contributed by atoms with Crippen molar-refractivity contribution in [1.29, 1.82) is 0 Å². The van der Waals surface area contributed by atoms with Gasteiger partial charge in [0, 0.05) is 12.6 Å². The molecule has 0 spiro atoms. The highest BCUT2D eigenvalue weighted by Gasteiger charge is 2.18. The maximum absolute atomic E-state index is 12.8. The van der Waals surface area contributed by atoms with Gasteiger partial charge in [-0.3, -0.25) is 9.10 Å². The van der Waals surface area contributed by atoms with Crippen LogP contribution in [0, 0.1) is 0 Å². The number of carbonyl (C=O) groups is 1.